The van der Waals surface area contributed by atoms with Crippen LogP contribution in [-0.2, 0) is 4.79 Å². The lowest BCUT2D eigenvalue weighted by Gasteiger charge is -2.10. The molecule has 5 nitrogen and oxygen atoms in total. The molecule has 2 aromatic carbocycles. The Labute approximate surface area is 161 Å². The van der Waals surface area contributed by atoms with E-state index in [-0.39, 0.29) is 5.91 Å². The molecular formula is C20H22BrNO4. The molecule has 1 amide bonds. The topological polar surface area (TPSA) is 64.6 Å². The summed E-state index contributed by atoms with van der Waals surface area (Å²) >= 11 is 3.42. The highest BCUT2D eigenvalue weighted by atomic mass is 79.9. The molecule has 2 aromatic rings. The molecule has 0 spiro atoms. The van der Waals surface area contributed by atoms with Crippen LogP contribution in [0.1, 0.15) is 43.5 Å². The van der Waals surface area contributed by atoms with E-state index in [2.05, 4.69) is 28.2 Å². The van der Waals surface area contributed by atoms with E-state index in [9.17, 15) is 9.59 Å². The number of unbranched alkanes of at least 4 members (excludes halogenated alkanes) is 1. The molecule has 2 rings (SSSR count). The minimum Gasteiger partial charge on any atom is -0.492 e. The number of esters is 1. The number of benzene rings is 2. The highest BCUT2D eigenvalue weighted by molar-refractivity contribution is 9.10. The van der Waals surface area contributed by atoms with Crippen molar-refractivity contribution in [1.82, 2.24) is 0 Å². The summed E-state index contributed by atoms with van der Waals surface area (Å²) in [6, 6.07) is 11.8. The first-order chi connectivity index (χ1) is 12.5. The molecule has 0 atom stereocenters. The van der Waals surface area contributed by atoms with Crippen LogP contribution < -0.4 is 14.8 Å². The van der Waals surface area contributed by atoms with Crippen LogP contribution in [0, 0.1) is 0 Å². The van der Waals surface area contributed by atoms with Crippen LogP contribution in [0.4, 0.5) is 5.69 Å². The van der Waals surface area contributed by atoms with Gasteiger partial charge in [-0.15, -0.1) is 0 Å². The normalized spacial score (nSPS) is 10.3. The molecule has 0 unspecified atom stereocenters. The molecule has 0 aliphatic carbocycles. The highest BCUT2D eigenvalue weighted by Gasteiger charge is 2.12. The first kappa shape index (κ1) is 20.0. The summed E-state index contributed by atoms with van der Waals surface area (Å²) in [4.78, 5) is 23.8. The van der Waals surface area contributed by atoms with Gasteiger partial charge in [0.25, 0.3) is 0 Å². The predicted octanol–water partition coefficient (Wildman–Crippen LogP) is 5.20. The van der Waals surface area contributed by atoms with Gasteiger partial charge in [-0.2, -0.15) is 0 Å². The SMILES string of the molecule is CCCCOc1ccc(C(=O)Oc2cccc(NC(=O)CC)c2)cc1Br. The van der Waals surface area contributed by atoms with Crippen LogP contribution >= 0.6 is 15.9 Å². The minimum absolute atomic E-state index is 0.101. The summed E-state index contributed by atoms with van der Waals surface area (Å²) in [7, 11) is 0. The highest BCUT2D eigenvalue weighted by Crippen LogP contribution is 2.27. The molecule has 6 heteroatoms. The molecular weight excluding hydrogens is 398 g/mol. The van der Waals surface area contributed by atoms with Crippen molar-refractivity contribution in [1.29, 1.82) is 0 Å². The number of amides is 1. The molecule has 0 saturated heterocycles. The van der Waals surface area contributed by atoms with Crippen LogP contribution in [0.3, 0.4) is 0 Å². The van der Waals surface area contributed by atoms with Gasteiger partial charge < -0.3 is 14.8 Å². The minimum atomic E-state index is -0.482. The Morgan fingerprint density at radius 3 is 2.62 bits per heavy atom. The molecule has 0 radical (unpaired) electrons. The zero-order valence-corrected chi connectivity index (χ0v) is 16.5. The summed E-state index contributed by atoms with van der Waals surface area (Å²) in [6.45, 7) is 4.50. The van der Waals surface area contributed by atoms with Crippen LogP contribution in [-0.4, -0.2) is 18.5 Å². The summed E-state index contributed by atoms with van der Waals surface area (Å²) in [5.74, 6) is 0.475. The van der Waals surface area contributed by atoms with Crippen molar-refractivity contribution in [3.05, 3.63) is 52.5 Å². The molecule has 138 valence electrons. The summed E-state index contributed by atoms with van der Waals surface area (Å²) in [5.41, 5.74) is 0.991. The van der Waals surface area contributed by atoms with Gasteiger partial charge in [-0.1, -0.05) is 26.3 Å². The predicted molar refractivity (Wildman–Crippen MR) is 105 cm³/mol. The second-order valence-electron chi connectivity index (χ2n) is 5.67. The molecule has 0 bridgehead atoms. The van der Waals surface area contributed by atoms with Crippen molar-refractivity contribution in [2.45, 2.75) is 33.1 Å². The van der Waals surface area contributed by atoms with Gasteiger partial charge >= 0.3 is 5.97 Å². The van der Waals surface area contributed by atoms with Gasteiger partial charge in [-0.3, -0.25) is 4.79 Å². The maximum atomic E-state index is 12.4. The first-order valence-corrected chi connectivity index (χ1v) is 9.37. The van der Waals surface area contributed by atoms with Gasteiger partial charge in [-0.05, 0) is 52.7 Å². The molecule has 26 heavy (non-hydrogen) atoms. The Kier molecular flexibility index (Phi) is 7.66. The third-order valence-electron chi connectivity index (χ3n) is 3.57. The molecule has 1 N–H and O–H groups in total. The van der Waals surface area contributed by atoms with Crippen LogP contribution in [0.25, 0.3) is 0 Å². The lowest BCUT2D eigenvalue weighted by molar-refractivity contribution is -0.115. The van der Waals surface area contributed by atoms with E-state index in [4.69, 9.17) is 9.47 Å². The van der Waals surface area contributed by atoms with E-state index in [1.807, 2.05) is 0 Å². The largest absolute Gasteiger partial charge is 0.492 e. The Morgan fingerprint density at radius 1 is 1.12 bits per heavy atom. The molecule has 0 saturated carbocycles. The second kappa shape index (κ2) is 9.97. The van der Waals surface area contributed by atoms with Gasteiger partial charge in [0.15, 0.2) is 0 Å². The van der Waals surface area contributed by atoms with Gasteiger partial charge in [-0.25, -0.2) is 4.79 Å². The van der Waals surface area contributed by atoms with Crippen LogP contribution in [0.15, 0.2) is 46.9 Å². The monoisotopic (exact) mass is 419 g/mol. The van der Waals surface area contributed by atoms with Gasteiger partial charge in [0.05, 0.1) is 16.6 Å². The number of anilines is 1. The fraction of sp³-hybridized carbons (Fsp3) is 0.300. The fourth-order valence-electron chi connectivity index (χ4n) is 2.12. The Hall–Kier alpha value is -2.34. The fourth-order valence-corrected chi connectivity index (χ4v) is 2.62. The van der Waals surface area contributed by atoms with Crippen LogP contribution in [0.2, 0.25) is 0 Å². The second-order valence-corrected chi connectivity index (χ2v) is 6.52. The smallest absolute Gasteiger partial charge is 0.343 e. The average molecular weight is 420 g/mol. The number of carbonyl (C=O) groups excluding carboxylic acids is 2. The number of halogens is 1. The molecule has 0 aromatic heterocycles. The van der Waals surface area contributed by atoms with Crippen molar-refractivity contribution >= 4 is 33.5 Å². The Bertz CT molecular complexity index is 776. The molecule has 0 aliphatic rings. The quantitative estimate of drug-likeness (QED) is 0.362. The third-order valence-corrected chi connectivity index (χ3v) is 4.19. The maximum absolute atomic E-state index is 12.4. The van der Waals surface area contributed by atoms with Crippen molar-refractivity contribution in [2.75, 3.05) is 11.9 Å². The van der Waals surface area contributed by atoms with E-state index < -0.39 is 5.97 Å². The third kappa shape index (κ3) is 5.88. The van der Waals surface area contributed by atoms with Gasteiger partial charge in [0.1, 0.15) is 11.5 Å². The lowest BCUT2D eigenvalue weighted by atomic mass is 10.2. The van der Waals surface area contributed by atoms with Crippen molar-refractivity contribution in [2.24, 2.45) is 0 Å². The van der Waals surface area contributed by atoms with Crippen molar-refractivity contribution in [3.8, 4) is 11.5 Å². The number of hydrogen-bond donors (Lipinski definition) is 1. The summed E-state index contributed by atoms with van der Waals surface area (Å²) in [6.07, 6.45) is 2.41. The molecule has 0 fully saturated rings. The number of nitrogens with one attached hydrogen (secondary N) is 1. The number of hydrogen-bond acceptors (Lipinski definition) is 4. The van der Waals surface area contributed by atoms with Crippen LogP contribution in [0.5, 0.6) is 11.5 Å². The lowest BCUT2D eigenvalue weighted by Crippen LogP contribution is -2.11. The standard InChI is InChI=1S/C20H22BrNO4/c1-3-5-11-25-18-10-9-14(12-17(18)21)20(24)26-16-8-6-7-15(13-16)22-19(23)4-2/h6-10,12-13H,3-5,11H2,1-2H3,(H,22,23). The Morgan fingerprint density at radius 2 is 1.92 bits per heavy atom. The van der Waals surface area contributed by atoms with Gasteiger partial charge in [0, 0.05) is 18.2 Å². The molecule has 0 aliphatic heterocycles. The summed E-state index contributed by atoms with van der Waals surface area (Å²) < 4.78 is 11.8. The first-order valence-electron chi connectivity index (χ1n) is 8.58. The van der Waals surface area contributed by atoms with E-state index in [1.165, 1.54) is 0 Å². The number of ether oxygens (including phenoxy) is 2. The van der Waals surface area contributed by atoms with E-state index >= 15 is 0 Å². The van der Waals surface area contributed by atoms with E-state index in [0.29, 0.717) is 40.3 Å². The van der Waals surface area contributed by atoms with Crippen molar-refractivity contribution in [3.63, 3.8) is 0 Å². The van der Waals surface area contributed by atoms with Gasteiger partial charge in [0.2, 0.25) is 5.91 Å². The number of carbonyl (C=O) groups is 2. The average Bonchev–Trinajstić information content (AvgIpc) is 2.63. The number of rotatable bonds is 8. The molecule has 0 heterocycles. The Balaban J connectivity index is 2.04. The summed E-state index contributed by atoms with van der Waals surface area (Å²) in [5, 5.41) is 2.73. The van der Waals surface area contributed by atoms with E-state index in [0.717, 1.165) is 12.8 Å². The zero-order chi connectivity index (χ0) is 18.9. The van der Waals surface area contributed by atoms with E-state index in [1.54, 1.807) is 49.4 Å². The van der Waals surface area contributed by atoms with Crippen molar-refractivity contribution < 1.29 is 19.1 Å². The zero-order valence-electron chi connectivity index (χ0n) is 14.9. The maximum Gasteiger partial charge on any atom is 0.343 e.